The lowest BCUT2D eigenvalue weighted by Gasteiger charge is -2.12. The number of alkyl halides is 2. The highest BCUT2D eigenvalue weighted by atomic mass is 19.3. The lowest BCUT2D eigenvalue weighted by Crippen LogP contribution is -2.32. The number of Topliss-reactive ketones (excluding diaryl/α,β-unsaturated/α-hetero) is 1. The van der Waals surface area contributed by atoms with Gasteiger partial charge in [0, 0.05) is 35.9 Å². The number of amides is 2. The van der Waals surface area contributed by atoms with Crippen LogP contribution in [0, 0.1) is 0 Å². The number of hydrogen-bond acceptors (Lipinski definition) is 3. The number of urea groups is 1. The van der Waals surface area contributed by atoms with Crippen LogP contribution in [-0.4, -0.2) is 34.8 Å². The first-order valence-electron chi connectivity index (χ1n) is 10.1. The van der Waals surface area contributed by atoms with E-state index < -0.39 is 19.0 Å². The largest absolute Gasteiger partial charge is 0.358 e. The van der Waals surface area contributed by atoms with Crippen molar-refractivity contribution in [2.24, 2.45) is 0 Å². The fraction of sp³-hybridized carbons (Fsp3) is 0.261. The number of anilines is 1. The molecule has 0 fully saturated rings. The van der Waals surface area contributed by atoms with Crippen LogP contribution in [0.15, 0.2) is 48.7 Å². The summed E-state index contributed by atoms with van der Waals surface area (Å²) in [5, 5.41) is 4.56. The number of rotatable bonds is 6. The van der Waals surface area contributed by atoms with Gasteiger partial charge in [-0.25, -0.2) is 18.6 Å². The maximum atomic E-state index is 12.7. The Morgan fingerprint density at radius 1 is 1.16 bits per heavy atom. The normalized spacial score (nSPS) is 13.2. The number of carbonyl (C=O) groups is 2. The summed E-state index contributed by atoms with van der Waals surface area (Å²) >= 11 is 0. The molecule has 0 bridgehead atoms. The fourth-order valence-electron chi connectivity index (χ4n) is 3.88. The van der Waals surface area contributed by atoms with Gasteiger partial charge in [0.15, 0.2) is 5.78 Å². The molecule has 0 radical (unpaired) electrons. The van der Waals surface area contributed by atoms with Crippen molar-refractivity contribution in [3.8, 4) is 11.3 Å². The maximum Gasteiger partial charge on any atom is 0.320 e. The second-order valence-corrected chi connectivity index (χ2v) is 7.43. The molecular weight excluding hydrogens is 402 g/mol. The van der Waals surface area contributed by atoms with Crippen molar-refractivity contribution in [2.45, 2.75) is 32.1 Å². The van der Waals surface area contributed by atoms with Crippen LogP contribution >= 0.6 is 0 Å². The molecule has 0 aliphatic heterocycles. The zero-order chi connectivity index (χ0) is 21.8. The molecule has 0 unspecified atom stereocenters. The van der Waals surface area contributed by atoms with Crippen molar-refractivity contribution in [3.05, 3.63) is 71.0 Å². The summed E-state index contributed by atoms with van der Waals surface area (Å²) < 4.78 is 24.6. The Balaban J connectivity index is 1.68. The van der Waals surface area contributed by atoms with E-state index in [1.807, 2.05) is 30.3 Å². The highest BCUT2D eigenvalue weighted by Crippen LogP contribution is 2.35. The second kappa shape index (κ2) is 9.07. The topological polar surface area (TPSA) is 86.9 Å². The number of aromatic nitrogens is 2. The van der Waals surface area contributed by atoms with Gasteiger partial charge >= 0.3 is 6.03 Å². The van der Waals surface area contributed by atoms with E-state index in [9.17, 15) is 18.4 Å². The zero-order valence-corrected chi connectivity index (χ0v) is 16.8. The Bertz CT molecular complexity index is 1100. The minimum atomic E-state index is -2.63. The number of aromatic amines is 1. The molecule has 160 valence electrons. The molecule has 1 aliphatic carbocycles. The minimum Gasteiger partial charge on any atom is -0.358 e. The average Bonchev–Trinajstić information content (AvgIpc) is 3.13. The van der Waals surface area contributed by atoms with Crippen LogP contribution in [0.1, 0.15) is 40.0 Å². The first-order chi connectivity index (χ1) is 15.0. The SMILES string of the molecule is O=C(NCC(F)F)Nc1cc(-c2[nH]c3c(c2Cc2ccccc2)C(=O)CCC3)ccn1. The van der Waals surface area contributed by atoms with E-state index in [1.165, 1.54) is 6.20 Å². The van der Waals surface area contributed by atoms with Crippen molar-refractivity contribution in [2.75, 3.05) is 11.9 Å². The van der Waals surface area contributed by atoms with Gasteiger partial charge in [-0.2, -0.15) is 0 Å². The Labute approximate surface area is 178 Å². The predicted molar refractivity (Wildman–Crippen MR) is 114 cm³/mol. The smallest absolute Gasteiger partial charge is 0.320 e. The summed E-state index contributed by atoms with van der Waals surface area (Å²) in [5.41, 5.74) is 5.26. The third-order valence-corrected chi connectivity index (χ3v) is 5.22. The van der Waals surface area contributed by atoms with Gasteiger partial charge in [-0.1, -0.05) is 30.3 Å². The maximum absolute atomic E-state index is 12.7. The van der Waals surface area contributed by atoms with Gasteiger partial charge < -0.3 is 10.3 Å². The molecule has 4 rings (SSSR count). The van der Waals surface area contributed by atoms with Crippen LogP contribution in [0.3, 0.4) is 0 Å². The summed E-state index contributed by atoms with van der Waals surface area (Å²) in [7, 11) is 0. The molecule has 2 amide bonds. The number of halogens is 2. The van der Waals surface area contributed by atoms with E-state index in [2.05, 4.69) is 20.6 Å². The number of benzene rings is 1. The number of nitrogens with zero attached hydrogens (tertiary/aromatic N) is 1. The monoisotopic (exact) mass is 424 g/mol. The lowest BCUT2D eigenvalue weighted by molar-refractivity contribution is 0.0971. The Morgan fingerprint density at radius 3 is 2.74 bits per heavy atom. The van der Waals surface area contributed by atoms with Crippen molar-refractivity contribution in [1.29, 1.82) is 0 Å². The molecule has 0 spiro atoms. The number of hydrogen-bond donors (Lipinski definition) is 3. The quantitative estimate of drug-likeness (QED) is 0.542. The number of pyridine rings is 1. The number of nitrogens with one attached hydrogen (secondary N) is 3. The lowest BCUT2D eigenvalue weighted by atomic mass is 9.90. The molecular formula is C23H22F2N4O2. The highest BCUT2D eigenvalue weighted by Gasteiger charge is 2.26. The average molecular weight is 424 g/mol. The van der Waals surface area contributed by atoms with E-state index in [0.29, 0.717) is 12.8 Å². The molecule has 6 nitrogen and oxygen atoms in total. The van der Waals surface area contributed by atoms with Gasteiger partial charge in [0.2, 0.25) is 0 Å². The van der Waals surface area contributed by atoms with E-state index in [-0.39, 0.29) is 11.6 Å². The molecule has 1 aliphatic rings. The van der Waals surface area contributed by atoms with E-state index >= 15 is 0 Å². The molecule has 1 aromatic carbocycles. The fourth-order valence-corrected chi connectivity index (χ4v) is 3.88. The first-order valence-corrected chi connectivity index (χ1v) is 10.1. The molecule has 2 heterocycles. The standard InChI is InChI=1S/C23H22F2N4O2/c24-19(25)13-27-23(31)29-20-12-15(9-10-26-20)22-16(11-14-5-2-1-3-6-14)21-17(28-22)7-4-8-18(21)30/h1-3,5-6,9-10,12,19,28H,4,7-8,11,13H2,(H2,26,27,29,31). The number of carbonyl (C=O) groups excluding carboxylic acids is 2. The number of H-pyrrole nitrogens is 1. The predicted octanol–water partition coefficient (Wildman–Crippen LogP) is 4.57. The summed E-state index contributed by atoms with van der Waals surface area (Å²) in [6.45, 7) is -0.738. The molecule has 0 saturated carbocycles. The zero-order valence-electron chi connectivity index (χ0n) is 16.8. The molecule has 0 saturated heterocycles. The molecule has 31 heavy (non-hydrogen) atoms. The van der Waals surface area contributed by atoms with Crippen LogP contribution in [-0.2, 0) is 12.8 Å². The van der Waals surface area contributed by atoms with Crippen LogP contribution in [0.25, 0.3) is 11.3 Å². The molecule has 0 atom stereocenters. The van der Waals surface area contributed by atoms with E-state index in [0.717, 1.165) is 46.5 Å². The van der Waals surface area contributed by atoms with Gasteiger partial charge in [-0.15, -0.1) is 0 Å². The summed E-state index contributed by atoms with van der Waals surface area (Å²) in [6.07, 6.45) is 1.63. The van der Waals surface area contributed by atoms with E-state index in [1.54, 1.807) is 12.1 Å². The molecule has 2 aromatic heterocycles. The van der Waals surface area contributed by atoms with Gasteiger partial charge in [-0.05, 0) is 36.1 Å². The molecule has 3 N–H and O–H groups in total. The van der Waals surface area contributed by atoms with Crippen molar-refractivity contribution < 1.29 is 18.4 Å². The first kappa shape index (κ1) is 20.7. The van der Waals surface area contributed by atoms with Crippen molar-refractivity contribution in [3.63, 3.8) is 0 Å². The van der Waals surface area contributed by atoms with E-state index in [4.69, 9.17) is 0 Å². The Morgan fingerprint density at radius 2 is 1.97 bits per heavy atom. The second-order valence-electron chi connectivity index (χ2n) is 7.43. The summed E-state index contributed by atoms with van der Waals surface area (Å²) in [4.78, 5) is 32.1. The van der Waals surface area contributed by atoms with Crippen LogP contribution in [0.4, 0.5) is 19.4 Å². The minimum absolute atomic E-state index is 0.133. The van der Waals surface area contributed by atoms with Crippen molar-refractivity contribution in [1.82, 2.24) is 15.3 Å². The number of aryl methyl sites for hydroxylation is 1. The Hall–Kier alpha value is -3.55. The van der Waals surface area contributed by atoms with Gasteiger partial charge in [0.1, 0.15) is 5.82 Å². The van der Waals surface area contributed by atoms with Gasteiger partial charge in [-0.3, -0.25) is 10.1 Å². The number of fused-ring (bicyclic) bond motifs is 1. The highest BCUT2D eigenvalue weighted by molar-refractivity contribution is 6.01. The third kappa shape index (κ3) is 4.79. The van der Waals surface area contributed by atoms with Crippen molar-refractivity contribution >= 4 is 17.6 Å². The Kier molecular flexibility index (Phi) is 6.06. The van der Waals surface area contributed by atoms with Crippen LogP contribution in [0.5, 0.6) is 0 Å². The van der Waals surface area contributed by atoms with Gasteiger partial charge in [0.25, 0.3) is 6.43 Å². The van der Waals surface area contributed by atoms with Crippen LogP contribution < -0.4 is 10.6 Å². The van der Waals surface area contributed by atoms with Crippen LogP contribution in [0.2, 0.25) is 0 Å². The number of ketones is 1. The third-order valence-electron chi connectivity index (χ3n) is 5.22. The molecule has 8 heteroatoms. The summed E-state index contributed by atoms with van der Waals surface area (Å²) in [5.74, 6) is 0.363. The molecule has 3 aromatic rings. The van der Waals surface area contributed by atoms with Gasteiger partial charge in [0.05, 0.1) is 12.2 Å². The summed E-state index contributed by atoms with van der Waals surface area (Å²) in [6, 6.07) is 12.6.